The van der Waals surface area contributed by atoms with Gasteiger partial charge in [0, 0.05) is 17.3 Å². The highest BCUT2D eigenvalue weighted by atomic mass is 19.1. The number of hydrogen-bond donors (Lipinski definition) is 1. The molecule has 0 saturated heterocycles. The lowest BCUT2D eigenvalue weighted by molar-refractivity contribution is -0.119. The highest BCUT2D eigenvalue weighted by molar-refractivity contribution is 6.04. The lowest BCUT2D eigenvalue weighted by Crippen LogP contribution is -2.47. The van der Waals surface area contributed by atoms with Crippen LogP contribution in [0.2, 0.25) is 0 Å². The summed E-state index contributed by atoms with van der Waals surface area (Å²) in [6, 6.07) is 20.9. The van der Waals surface area contributed by atoms with E-state index in [9.17, 15) is 14.0 Å². The monoisotopic (exact) mass is 414 g/mol. The molecule has 2 aliphatic rings. The zero-order valence-electron chi connectivity index (χ0n) is 17.2. The van der Waals surface area contributed by atoms with Gasteiger partial charge in [-0.3, -0.25) is 9.59 Å². The summed E-state index contributed by atoms with van der Waals surface area (Å²) >= 11 is 0. The smallest absolute Gasteiger partial charge is 0.254 e. The second-order valence-corrected chi connectivity index (χ2v) is 8.36. The summed E-state index contributed by atoms with van der Waals surface area (Å²) in [5.74, 6) is -1.15. The number of carbonyl (C=O) groups is 2. The zero-order chi connectivity index (χ0) is 21.5. The molecular weight excluding hydrogens is 391 g/mol. The number of fused-ring (bicyclic) bond motifs is 1. The highest BCUT2D eigenvalue weighted by Gasteiger charge is 2.49. The van der Waals surface area contributed by atoms with Gasteiger partial charge in [0.25, 0.3) is 5.91 Å². The van der Waals surface area contributed by atoms with E-state index >= 15 is 0 Å². The highest BCUT2D eigenvalue weighted by Crippen LogP contribution is 2.48. The molecule has 156 valence electrons. The Morgan fingerprint density at radius 1 is 1.00 bits per heavy atom. The molecule has 2 amide bonds. The van der Waals surface area contributed by atoms with Crippen LogP contribution in [0.3, 0.4) is 0 Å². The van der Waals surface area contributed by atoms with Crippen molar-refractivity contribution in [1.29, 1.82) is 0 Å². The van der Waals surface area contributed by atoms with E-state index in [0.29, 0.717) is 11.3 Å². The maximum Gasteiger partial charge on any atom is 0.254 e. The van der Waals surface area contributed by atoms with Crippen LogP contribution in [0.4, 0.5) is 10.1 Å². The van der Waals surface area contributed by atoms with Crippen LogP contribution < -0.4 is 5.32 Å². The van der Waals surface area contributed by atoms with Gasteiger partial charge in [0.15, 0.2) is 0 Å². The Labute approximate surface area is 180 Å². The van der Waals surface area contributed by atoms with Crippen LogP contribution in [-0.4, -0.2) is 22.8 Å². The van der Waals surface area contributed by atoms with E-state index in [-0.39, 0.29) is 23.7 Å². The molecule has 4 nitrogen and oxygen atoms in total. The first-order chi connectivity index (χ1) is 15.0. The molecule has 2 atom stereocenters. The summed E-state index contributed by atoms with van der Waals surface area (Å²) in [6.45, 7) is 2.01. The van der Waals surface area contributed by atoms with Crippen LogP contribution in [0.1, 0.15) is 51.8 Å². The van der Waals surface area contributed by atoms with E-state index in [1.165, 1.54) is 12.1 Å². The number of nitrogens with one attached hydrogen (secondary N) is 1. The number of rotatable bonds is 4. The SMILES string of the molecule is Cc1cccc([C@@H]2[C@@H](C(=O)Nc3ccc(F)cc3)c3ccccc3C(=O)N2C2CC2)c1. The first-order valence-corrected chi connectivity index (χ1v) is 10.6. The predicted octanol–water partition coefficient (Wildman–Crippen LogP) is 5.22. The van der Waals surface area contributed by atoms with Crippen molar-refractivity contribution in [3.63, 3.8) is 0 Å². The minimum absolute atomic E-state index is 0.0181. The third-order valence-electron chi connectivity index (χ3n) is 6.09. The summed E-state index contributed by atoms with van der Waals surface area (Å²) in [7, 11) is 0. The molecule has 5 rings (SSSR count). The number of aryl methyl sites for hydroxylation is 1. The Balaban J connectivity index is 1.63. The van der Waals surface area contributed by atoms with Crippen molar-refractivity contribution in [2.75, 3.05) is 5.32 Å². The topological polar surface area (TPSA) is 49.4 Å². The molecule has 0 bridgehead atoms. The summed E-state index contributed by atoms with van der Waals surface area (Å²) in [4.78, 5) is 29.0. The van der Waals surface area contributed by atoms with Crippen LogP contribution >= 0.6 is 0 Å². The maximum absolute atomic E-state index is 13.6. The van der Waals surface area contributed by atoms with Crippen LogP contribution in [0, 0.1) is 12.7 Å². The zero-order valence-corrected chi connectivity index (χ0v) is 17.2. The van der Waals surface area contributed by atoms with Gasteiger partial charge in [-0.1, -0.05) is 48.0 Å². The van der Waals surface area contributed by atoms with Crippen molar-refractivity contribution in [3.8, 4) is 0 Å². The summed E-state index contributed by atoms with van der Waals surface area (Å²) in [6.07, 6.45) is 1.89. The molecule has 1 heterocycles. The van der Waals surface area contributed by atoms with Gasteiger partial charge in [0.2, 0.25) is 5.91 Å². The largest absolute Gasteiger partial charge is 0.327 e. The Kier molecular flexibility index (Phi) is 4.81. The van der Waals surface area contributed by atoms with E-state index < -0.39 is 12.0 Å². The number of amides is 2. The Hall–Kier alpha value is -3.47. The molecule has 0 radical (unpaired) electrons. The van der Waals surface area contributed by atoms with Gasteiger partial charge in [0.05, 0.1) is 12.0 Å². The number of nitrogens with zero attached hydrogens (tertiary/aromatic N) is 1. The van der Waals surface area contributed by atoms with E-state index in [4.69, 9.17) is 0 Å². The lowest BCUT2D eigenvalue weighted by atomic mass is 9.78. The third kappa shape index (κ3) is 3.61. The first kappa shape index (κ1) is 19.5. The predicted molar refractivity (Wildman–Crippen MR) is 117 cm³/mol. The van der Waals surface area contributed by atoms with Crippen molar-refractivity contribution in [1.82, 2.24) is 4.90 Å². The second-order valence-electron chi connectivity index (χ2n) is 8.36. The number of anilines is 1. The van der Waals surface area contributed by atoms with Crippen LogP contribution in [0.15, 0.2) is 72.8 Å². The van der Waals surface area contributed by atoms with Crippen molar-refractivity contribution < 1.29 is 14.0 Å². The minimum atomic E-state index is -0.568. The van der Waals surface area contributed by atoms with Crippen molar-refractivity contribution in [3.05, 3.63) is 101 Å². The van der Waals surface area contributed by atoms with Gasteiger partial charge in [0.1, 0.15) is 5.82 Å². The van der Waals surface area contributed by atoms with Crippen molar-refractivity contribution in [2.45, 2.75) is 37.8 Å². The molecular formula is C26H23FN2O2. The van der Waals surface area contributed by atoms with Crippen molar-refractivity contribution >= 4 is 17.5 Å². The average molecular weight is 414 g/mol. The number of carbonyl (C=O) groups excluding carboxylic acids is 2. The maximum atomic E-state index is 13.6. The molecule has 0 aromatic heterocycles. The molecule has 1 aliphatic heterocycles. The minimum Gasteiger partial charge on any atom is -0.327 e. The fourth-order valence-electron chi connectivity index (χ4n) is 4.55. The fraction of sp³-hybridized carbons (Fsp3) is 0.231. The molecule has 1 N–H and O–H groups in total. The number of halogens is 1. The van der Waals surface area contributed by atoms with Gasteiger partial charge in [-0.05, 0) is 61.2 Å². The molecule has 0 spiro atoms. The molecule has 0 unspecified atom stereocenters. The molecule has 3 aromatic rings. The van der Waals surface area contributed by atoms with Gasteiger partial charge >= 0.3 is 0 Å². The van der Waals surface area contributed by atoms with Gasteiger partial charge in [-0.15, -0.1) is 0 Å². The van der Waals surface area contributed by atoms with E-state index in [1.54, 1.807) is 18.2 Å². The summed E-state index contributed by atoms with van der Waals surface area (Å²) in [5, 5.41) is 2.95. The lowest BCUT2D eigenvalue weighted by Gasteiger charge is -2.42. The van der Waals surface area contributed by atoms with E-state index in [2.05, 4.69) is 11.4 Å². The Morgan fingerprint density at radius 2 is 1.74 bits per heavy atom. The van der Waals surface area contributed by atoms with Gasteiger partial charge in [-0.2, -0.15) is 0 Å². The molecule has 1 aliphatic carbocycles. The van der Waals surface area contributed by atoms with Crippen LogP contribution in [0.25, 0.3) is 0 Å². The Bertz CT molecular complexity index is 1150. The third-order valence-corrected chi connectivity index (χ3v) is 6.09. The fourth-order valence-corrected chi connectivity index (χ4v) is 4.55. The standard InChI is InChI=1S/C26H23FN2O2/c1-16-5-4-6-17(15-16)24-23(25(30)28-19-11-9-18(27)10-12-19)21-7-2-3-8-22(21)26(31)29(24)20-13-14-20/h2-12,15,20,23-24H,13-14H2,1H3,(H,28,30)/t23-,24+/m0/s1. The molecule has 3 aromatic carbocycles. The van der Waals surface area contributed by atoms with Gasteiger partial charge < -0.3 is 10.2 Å². The molecule has 1 fully saturated rings. The van der Waals surface area contributed by atoms with E-state index in [1.807, 2.05) is 48.2 Å². The average Bonchev–Trinajstić information content (AvgIpc) is 3.60. The van der Waals surface area contributed by atoms with Crippen LogP contribution in [0.5, 0.6) is 0 Å². The number of hydrogen-bond acceptors (Lipinski definition) is 2. The van der Waals surface area contributed by atoms with Gasteiger partial charge in [-0.25, -0.2) is 4.39 Å². The first-order valence-electron chi connectivity index (χ1n) is 10.6. The molecule has 5 heteroatoms. The molecule has 31 heavy (non-hydrogen) atoms. The summed E-state index contributed by atoms with van der Waals surface area (Å²) < 4.78 is 13.3. The quantitative estimate of drug-likeness (QED) is 0.637. The van der Waals surface area contributed by atoms with Crippen molar-refractivity contribution in [2.24, 2.45) is 0 Å². The van der Waals surface area contributed by atoms with E-state index in [0.717, 1.165) is 29.5 Å². The van der Waals surface area contributed by atoms with Crippen LogP contribution in [-0.2, 0) is 4.79 Å². The normalized spacial score (nSPS) is 20.3. The Morgan fingerprint density at radius 3 is 2.45 bits per heavy atom. The molecule has 1 saturated carbocycles. The summed E-state index contributed by atoms with van der Waals surface area (Å²) in [5.41, 5.74) is 3.88. The number of benzene rings is 3. The second kappa shape index (κ2) is 7.65.